The van der Waals surface area contributed by atoms with Crippen molar-refractivity contribution in [3.05, 3.63) is 52.4 Å². The number of nitrogens with zero attached hydrogens (tertiary/aromatic N) is 2. The van der Waals surface area contributed by atoms with E-state index in [-0.39, 0.29) is 11.6 Å². The summed E-state index contributed by atoms with van der Waals surface area (Å²) in [4.78, 5) is 16.5. The predicted octanol–water partition coefficient (Wildman–Crippen LogP) is 2.11. The number of ether oxygens (including phenoxy) is 1. The number of nitrogens with one attached hydrogen (secondary N) is 1. The second-order valence-corrected chi connectivity index (χ2v) is 5.13. The van der Waals surface area contributed by atoms with E-state index in [1.54, 1.807) is 6.92 Å². The van der Waals surface area contributed by atoms with Crippen molar-refractivity contribution < 1.29 is 4.74 Å². The van der Waals surface area contributed by atoms with Crippen molar-refractivity contribution in [1.82, 2.24) is 14.6 Å². The molecule has 3 aromatic rings. The number of fused-ring (bicyclic) bond motifs is 1. The maximum absolute atomic E-state index is 12.1. The third-order valence-electron chi connectivity index (χ3n) is 3.39. The summed E-state index contributed by atoms with van der Waals surface area (Å²) in [5, 5.41) is 3.06. The average Bonchev–Trinajstić information content (AvgIpc) is 2.92. The molecule has 0 amide bonds. The third-order valence-corrected chi connectivity index (χ3v) is 3.39. The van der Waals surface area contributed by atoms with Crippen LogP contribution < -0.4 is 16.0 Å². The van der Waals surface area contributed by atoms with Gasteiger partial charge in [0.25, 0.3) is 5.56 Å². The summed E-state index contributed by atoms with van der Waals surface area (Å²) in [5.41, 5.74) is 8.49. The second-order valence-electron chi connectivity index (χ2n) is 5.13. The second kappa shape index (κ2) is 5.65. The molecule has 3 rings (SSSR count). The van der Waals surface area contributed by atoms with E-state index >= 15 is 0 Å². The number of hydrogen-bond donors (Lipinski definition) is 2. The van der Waals surface area contributed by atoms with Crippen LogP contribution in [0.3, 0.4) is 0 Å². The van der Waals surface area contributed by atoms with E-state index in [9.17, 15) is 4.79 Å². The van der Waals surface area contributed by atoms with Gasteiger partial charge >= 0.3 is 0 Å². The zero-order valence-electron chi connectivity index (χ0n) is 12.5. The van der Waals surface area contributed by atoms with Crippen LogP contribution in [0, 0.1) is 0 Å². The van der Waals surface area contributed by atoms with Gasteiger partial charge in [-0.25, -0.2) is 9.50 Å². The molecule has 0 saturated carbocycles. The Morgan fingerprint density at radius 3 is 2.91 bits per heavy atom. The van der Waals surface area contributed by atoms with Gasteiger partial charge in [-0.3, -0.25) is 9.89 Å². The van der Waals surface area contributed by atoms with E-state index in [0.29, 0.717) is 17.9 Å². The predicted molar refractivity (Wildman–Crippen MR) is 85.0 cm³/mol. The van der Waals surface area contributed by atoms with Crippen molar-refractivity contribution in [1.29, 1.82) is 0 Å². The van der Waals surface area contributed by atoms with Crippen LogP contribution in [-0.4, -0.2) is 21.2 Å². The highest BCUT2D eigenvalue weighted by Gasteiger charge is 2.10. The van der Waals surface area contributed by atoms with Gasteiger partial charge in [0, 0.05) is 23.7 Å². The van der Waals surface area contributed by atoms with Gasteiger partial charge < -0.3 is 10.5 Å². The monoisotopic (exact) mass is 298 g/mol. The number of benzene rings is 1. The normalized spacial score (nSPS) is 12.5. The molecule has 0 saturated heterocycles. The van der Waals surface area contributed by atoms with Gasteiger partial charge in [0.15, 0.2) is 5.65 Å². The summed E-state index contributed by atoms with van der Waals surface area (Å²) in [6.45, 7) is 4.35. The molecule has 1 unspecified atom stereocenters. The van der Waals surface area contributed by atoms with Gasteiger partial charge in [-0.05, 0) is 26.0 Å². The Morgan fingerprint density at radius 2 is 2.18 bits per heavy atom. The third kappa shape index (κ3) is 2.60. The minimum atomic E-state index is -0.280. The van der Waals surface area contributed by atoms with Crippen molar-refractivity contribution in [2.75, 3.05) is 6.61 Å². The lowest BCUT2D eigenvalue weighted by Crippen LogP contribution is -2.18. The number of aromatic nitrogens is 3. The van der Waals surface area contributed by atoms with E-state index in [2.05, 4.69) is 10.1 Å². The van der Waals surface area contributed by atoms with Crippen molar-refractivity contribution >= 4 is 5.65 Å². The zero-order valence-corrected chi connectivity index (χ0v) is 12.5. The summed E-state index contributed by atoms with van der Waals surface area (Å²) in [7, 11) is 0. The van der Waals surface area contributed by atoms with E-state index < -0.39 is 0 Å². The first-order valence-corrected chi connectivity index (χ1v) is 7.20. The molecule has 0 spiro atoms. The molecule has 0 aliphatic carbocycles. The summed E-state index contributed by atoms with van der Waals surface area (Å²) in [6.07, 6.45) is 0. The van der Waals surface area contributed by atoms with E-state index in [0.717, 1.165) is 17.0 Å². The lowest BCUT2D eigenvalue weighted by Gasteiger charge is -2.04. The number of rotatable bonds is 4. The summed E-state index contributed by atoms with van der Waals surface area (Å²) < 4.78 is 6.91. The summed E-state index contributed by atoms with van der Waals surface area (Å²) in [5.74, 6) is 0.787. The summed E-state index contributed by atoms with van der Waals surface area (Å²) >= 11 is 0. The fourth-order valence-corrected chi connectivity index (χ4v) is 2.31. The van der Waals surface area contributed by atoms with E-state index in [4.69, 9.17) is 10.5 Å². The van der Waals surface area contributed by atoms with Gasteiger partial charge in [-0.2, -0.15) is 0 Å². The standard InChI is InChI=1S/C16H18N4O2/c1-3-22-12-6-4-5-11(7-12)14-8-15-18-13(10(2)17)9-16(21)20(15)19-14/h4-10,19H,3,17H2,1-2H3. The highest BCUT2D eigenvalue weighted by atomic mass is 16.5. The first kappa shape index (κ1) is 14.3. The van der Waals surface area contributed by atoms with Crippen LogP contribution in [0.25, 0.3) is 16.9 Å². The van der Waals surface area contributed by atoms with Gasteiger partial charge in [0.05, 0.1) is 18.0 Å². The first-order chi connectivity index (χ1) is 10.6. The molecule has 0 aliphatic rings. The molecular formula is C16H18N4O2. The fraction of sp³-hybridized carbons (Fsp3) is 0.250. The van der Waals surface area contributed by atoms with E-state index in [1.165, 1.54) is 10.6 Å². The van der Waals surface area contributed by atoms with E-state index in [1.807, 2.05) is 37.3 Å². The maximum atomic E-state index is 12.1. The van der Waals surface area contributed by atoms with Gasteiger partial charge in [0.1, 0.15) is 5.75 Å². The molecule has 0 aliphatic heterocycles. The molecule has 6 nitrogen and oxygen atoms in total. The Bertz CT molecular complexity index is 864. The van der Waals surface area contributed by atoms with Crippen LogP contribution in [-0.2, 0) is 0 Å². The van der Waals surface area contributed by atoms with Gasteiger partial charge in [-0.15, -0.1) is 0 Å². The van der Waals surface area contributed by atoms with Crippen LogP contribution in [0.15, 0.2) is 41.2 Å². The van der Waals surface area contributed by atoms with Gasteiger partial charge in [0.2, 0.25) is 0 Å². The molecule has 1 atom stereocenters. The minimum absolute atomic E-state index is 0.176. The maximum Gasteiger partial charge on any atom is 0.272 e. The van der Waals surface area contributed by atoms with Crippen LogP contribution >= 0.6 is 0 Å². The lowest BCUT2D eigenvalue weighted by molar-refractivity contribution is 0.340. The number of hydrogen-bond acceptors (Lipinski definition) is 4. The SMILES string of the molecule is CCOc1cccc(-c2cc3nc(C(C)N)cc(=O)n3[nH]2)c1. The number of aromatic amines is 1. The molecule has 114 valence electrons. The molecule has 22 heavy (non-hydrogen) atoms. The van der Waals surface area contributed by atoms with Crippen LogP contribution in [0.1, 0.15) is 25.6 Å². The average molecular weight is 298 g/mol. The van der Waals surface area contributed by atoms with Gasteiger partial charge in [-0.1, -0.05) is 12.1 Å². The first-order valence-electron chi connectivity index (χ1n) is 7.20. The zero-order chi connectivity index (χ0) is 15.7. The molecule has 0 radical (unpaired) electrons. The molecular weight excluding hydrogens is 280 g/mol. The molecule has 1 aromatic carbocycles. The van der Waals surface area contributed by atoms with Crippen molar-refractivity contribution in [3.63, 3.8) is 0 Å². The fourth-order valence-electron chi connectivity index (χ4n) is 2.31. The Balaban J connectivity index is 2.10. The topological polar surface area (TPSA) is 85.4 Å². The lowest BCUT2D eigenvalue weighted by atomic mass is 10.1. The largest absolute Gasteiger partial charge is 0.494 e. The summed E-state index contributed by atoms with van der Waals surface area (Å²) in [6, 6.07) is 10.7. The smallest absolute Gasteiger partial charge is 0.272 e. The Labute approximate surface area is 127 Å². The molecule has 0 bridgehead atoms. The quantitative estimate of drug-likeness (QED) is 0.772. The van der Waals surface area contributed by atoms with Crippen molar-refractivity contribution in [2.24, 2.45) is 5.73 Å². The molecule has 6 heteroatoms. The van der Waals surface area contributed by atoms with Crippen LogP contribution in [0.4, 0.5) is 0 Å². The molecule has 2 heterocycles. The highest BCUT2D eigenvalue weighted by molar-refractivity contribution is 5.65. The van der Waals surface area contributed by atoms with Crippen LogP contribution in [0.2, 0.25) is 0 Å². The van der Waals surface area contributed by atoms with Crippen LogP contribution in [0.5, 0.6) is 5.75 Å². The molecule has 3 N–H and O–H groups in total. The minimum Gasteiger partial charge on any atom is -0.494 e. The molecule has 0 fully saturated rings. The Kier molecular flexibility index (Phi) is 3.68. The molecule has 2 aromatic heterocycles. The Hall–Kier alpha value is -2.60. The Morgan fingerprint density at radius 1 is 1.36 bits per heavy atom. The van der Waals surface area contributed by atoms with Crippen molar-refractivity contribution in [2.45, 2.75) is 19.9 Å². The number of H-pyrrole nitrogens is 1. The highest BCUT2D eigenvalue weighted by Crippen LogP contribution is 2.23. The van der Waals surface area contributed by atoms with Crippen molar-refractivity contribution in [3.8, 4) is 17.0 Å². The number of nitrogens with two attached hydrogens (primary N) is 1.